The summed E-state index contributed by atoms with van der Waals surface area (Å²) in [6, 6.07) is 10.8. The Balaban J connectivity index is 1.31. The monoisotopic (exact) mass is 451 g/mol. The second-order valence-electron chi connectivity index (χ2n) is 8.08. The lowest BCUT2D eigenvalue weighted by molar-refractivity contribution is -0.117. The van der Waals surface area contributed by atoms with Crippen LogP contribution in [0.4, 0.5) is 22.0 Å². The van der Waals surface area contributed by atoms with Crippen LogP contribution in [0.2, 0.25) is 0 Å². The van der Waals surface area contributed by atoms with E-state index in [0.29, 0.717) is 43.9 Å². The number of pyridine rings is 1. The first kappa shape index (κ1) is 22.6. The minimum atomic E-state index is -0.379. The van der Waals surface area contributed by atoms with E-state index in [9.17, 15) is 14.4 Å². The maximum absolute atomic E-state index is 12.8. The molecular formula is C24H29N5O4. The van der Waals surface area contributed by atoms with E-state index in [1.54, 1.807) is 22.8 Å². The van der Waals surface area contributed by atoms with E-state index >= 15 is 0 Å². The molecule has 2 aliphatic heterocycles. The molecule has 2 aliphatic rings. The summed E-state index contributed by atoms with van der Waals surface area (Å²) in [5.74, 6) is 0.540. The summed E-state index contributed by atoms with van der Waals surface area (Å²) < 4.78 is 5.00. The fourth-order valence-corrected chi connectivity index (χ4v) is 4.11. The van der Waals surface area contributed by atoms with Gasteiger partial charge in [0.2, 0.25) is 5.91 Å². The predicted octanol–water partition coefficient (Wildman–Crippen LogP) is 3.13. The molecule has 1 N–H and O–H groups in total. The van der Waals surface area contributed by atoms with Gasteiger partial charge >= 0.3 is 12.0 Å². The zero-order valence-electron chi connectivity index (χ0n) is 18.8. The normalized spacial score (nSPS) is 16.5. The molecule has 0 bridgehead atoms. The zero-order valence-corrected chi connectivity index (χ0v) is 18.8. The molecule has 0 aliphatic carbocycles. The highest BCUT2D eigenvalue weighted by atomic mass is 16.5. The number of hydrogen-bond donors (Lipinski definition) is 1. The maximum atomic E-state index is 12.8. The number of rotatable bonds is 5. The standard InChI is InChI=1S/C24H29N5O4/c1-2-33-23(31)18-6-11-21(25-17-18)27-12-4-13-28(16-15-27)24(32)26-19-7-9-20(10-8-19)29-14-3-5-22(29)30/h6-11,17H,2-5,12-16H2,1H3,(H,26,32). The van der Waals surface area contributed by atoms with Gasteiger partial charge in [-0.2, -0.15) is 0 Å². The number of anilines is 3. The fraction of sp³-hybridized carbons (Fsp3) is 0.417. The van der Waals surface area contributed by atoms with Gasteiger partial charge in [0.05, 0.1) is 12.2 Å². The Kier molecular flexibility index (Phi) is 7.07. The Morgan fingerprint density at radius 1 is 1.00 bits per heavy atom. The number of benzene rings is 1. The first-order valence-corrected chi connectivity index (χ1v) is 11.4. The van der Waals surface area contributed by atoms with Gasteiger partial charge in [-0.15, -0.1) is 0 Å². The van der Waals surface area contributed by atoms with Crippen LogP contribution in [0.5, 0.6) is 0 Å². The molecule has 4 rings (SSSR count). The molecule has 2 aromatic rings. The van der Waals surface area contributed by atoms with E-state index < -0.39 is 0 Å². The van der Waals surface area contributed by atoms with Gasteiger partial charge in [-0.05, 0) is 56.2 Å². The van der Waals surface area contributed by atoms with Crippen molar-refractivity contribution >= 4 is 35.1 Å². The largest absolute Gasteiger partial charge is 0.462 e. The van der Waals surface area contributed by atoms with Crippen LogP contribution >= 0.6 is 0 Å². The molecule has 0 unspecified atom stereocenters. The van der Waals surface area contributed by atoms with Crippen LogP contribution in [-0.2, 0) is 9.53 Å². The van der Waals surface area contributed by atoms with Crippen LogP contribution in [0.1, 0.15) is 36.5 Å². The molecule has 0 spiro atoms. The number of nitrogens with zero attached hydrogens (tertiary/aromatic N) is 4. The van der Waals surface area contributed by atoms with Gasteiger partial charge in [0.1, 0.15) is 5.82 Å². The molecular weight excluding hydrogens is 422 g/mol. The van der Waals surface area contributed by atoms with Crippen LogP contribution in [0, 0.1) is 0 Å². The predicted molar refractivity (Wildman–Crippen MR) is 126 cm³/mol. The SMILES string of the molecule is CCOC(=O)c1ccc(N2CCCN(C(=O)Nc3ccc(N4CCCC4=O)cc3)CC2)nc1. The number of hydrogen-bond acceptors (Lipinski definition) is 6. The van der Waals surface area contributed by atoms with E-state index in [1.165, 1.54) is 6.20 Å². The number of nitrogens with one attached hydrogen (secondary N) is 1. The van der Waals surface area contributed by atoms with Gasteiger partial charge in [-0.3, -0.25) is 4.79 Å². The van der Waals surface area contributed by atoms with E-state index in [1.807, 2.05) is 30.3 Å². The molecule has 33 heavy (non-hydrogen) atoms. The quantitative estimate of drug-likeness (QED) is 0.702. The van der Waals surface area contributed by atoms with Crippen molar-refractivity contribution in [3.8, 4) is 0 Å². The number of urea groups is 1. The second-order valence-corrected chi connectivity index (χ2v) is 8.08. The second kappa shape index (κ2) is 10.3. The van der Waals surface area contributed by atoms with Crippen LogP contribution in [0.3, 0.4) is 0 Å². The van der Waals surface area contributed by atoms with E-state index in [0.717, 1.165) is 37.4 Å². The number of esters is 1. The topological polar surface area (TPSA) is 95.1 Å². The molecule has 3 heterocycles. The molecule has 1 aromatic carbocycles. The molecule has 9 heteroatoms. The number of aromatic nitrogens is 1. The molecule has 1 aromatic heterocycles. The summed E-state index contributed by atoms with van der Waals surface area (Å²) in [5, 5.41) is 2.95. The number of amides is 3. The fourth-order valence-electron chi connectivity index (χ4n) is 4.11. The minimum absolute atomic E-state index is 0.144. The summed E-state index contributed by atoms with van der Waals surface area (Å²) >= 11 is 0. The van der Waals surface area contributed by atoms with Gasteiger partial charge in [0.15, 0.2) is 0 Å². The van der Waals surface area contributed by atoms with Gasteiger partial charge in [-0.25, -0.2) is 14.6 Å². The molecule has 2 fully saturated rings. The molecule has 0 radical (unpaired) electrons. The van der Waals surface area contributed by atoms with E-state index in [-0.39, 0.29) is 17.9 Å². The summed E-state index contributed by atoms with van der Waals surface area (Å²) in [7, 11) is 0. The summed E-state index contributed by atoms with van der Waals surface area (Å²) in [6.07, 6.45) is 3.82. The van der Waals surface area contributed by atoms with Crippen LogP contribution < -0.4 is 15.1 Å². The van der Waals surface area contributed by atoms with Crippen molar-refractivity contribution in [1.82, 2.24) is 9.88 Å². The Morgan fingerprint density at radius 3 is 2.48 bits per heavy atom. The molecule has 2 saturated heterocycles. The Hall–Kier alpha value is -3.62. The first-order chi connectivity index (χ1) is 16.0. The average Bonchev–Trinajstić information content (AvgIpc) is 3.11. The lowest BCUT2D eigenvalue weighted by Gasteiger charge is -2.23. The van der Waals surface area contributed by atoms with E-state index in [2.05, 4.69) is 15.2 Å². The Morgan fingerprint density at radius 2 is 1.82 bits per heavy atom. The van der Waals surface area contributed by atoms with Crippen LogP contribution in [-0.4, -0.2) is 67.1 Å². The van der Waals surface area contributed by atoms with Crippen LogP contribution in [0.25, 0.3) is 0 Å². The lowest BCUT2D eigenvalue weighted by atomic mass is 10.2. The summed E-state index contributed by atoms with van der Waals surface area (Å²) in [5.41, 5.74) is 1.99. The first-order valence-electron chi connectivity index (χ1n) is 11.4. The van der Waals surface area contributed by atoms with Crippen molar-refractivity contribution < 1.29 is 19.1 Å². The van der Waals surface area contributed by atoms with Gasteiger partial charge in [0, 0.05) is 56.7 Å². The van der Waals surface area contributed by atoms with E-state index in [4.69, 9.17) is 4.74 Å². The zero-order chi connectivity index (χ0) is 23.2. The lowest BCUT2D eigenvalue weighted by Crippen LogP contribution is -2.38. The molecule has 0 atom stereocenters. The van der Waals surface area contributed by atoms with Crippen molar-refractivity contribution in [1.29, 1.82) is 0 Å². The van der Waals surface area contributed by atoms with Gasteiger partial charge in [0.25, 0.3) is 0 Å². The third-order valence-electron chi connectivity index (χ3n) is 5.87. The molecule has 9 nitrogen and oxygen atoms in total. The highest BCUT2D eigenvalue weighted by Crippen LogP contribution is 2.23. The summed E-state index contributed by atoms with van der Waals surface area (Å²) in [4.78, 5) is 46.6. The number of ether oxygens (including phenoxy) is 1. The van der Waals surface area contributed by atoms with Gasteiger partial charge < -0.3 is 24.8 Å². The minimum Gasteiger partial charge on any atom is -0.462 e. The Bertz CT molecular complexity index is 993. The Labute approximate surface area is 193 Å². The smallest absolute Gasteiger partial charge is 0.339 e. The summed E-state index contributed by atoms with van der Waals surface area (Å²) in [6.45, 7) is 5.47. The molecule has 174 valence electrons. The number of carbonyl (C=O) groups excluding carboxylic acids is 3. The number of carbonyl (C=O) groups is 3. The average molecular weight is 452 g/mol. The van der Waals surface area contributed by atoms with Crippen molar-refractivity contribution in [2.75, 3.05) is 54.4 Å². The third-order valence-corrected chi connectivity index (χ3v) is 5.87. The van der Waals surface area contributed by atoms with Crippen LogP contribution in [0.15, 0.2) is 42.6 Å². The maximum Gasteiger partial charge on any atom is 0.339 e. The van der Waals surface area contributed by atoms with Gasteiger partial charge in [-0.1, -0.05) is 0 Å². The van der Waals surface area contributed by atoms with Crippen molar-refractivity contribution in [2.24, 2.45) is 0 Å². The molecule has 0 saturated carbocycles. The highest BCUT2D eigenvalue weighted by molar-refractivity contribution is 5.96. The van der Waals surface area contributed by atoms with Crippen molar-refractivity contribution in [3.63, 3.8) is 0 Å². The third kappa shape index (κ3) is 5.42. The highest BCUT2D eigenvalue weighted by Gasteiger charge is 2.23. The van der Waals surface area contributed by atoms with Crippen molar-refractivity contribution in [3.05, 3.63) is 48.2 Å². The molecule has 3 amide bonds. The van der Waals surface area contributed by atoms with Crippen molar-refractivity contribution in [2.45, 2.75) is 26.2 Å².